The van der Waals surface area contributed by atoms with Gasteiger partial charge in [-0.1, -0.05) is 25.5 Å². The molecule has 2 unspecified atom stereocenters. The van der Waals surface area contributed by atoms with Crippen LogP contribution in [0.15, 0.2) is 11.6 Å². The minimum absolute atomic E-state index is 0.0139. The Balaban J connectivity index is 1.58. The third-order valence-electron chi connectivity index (χ3n) is 9.27. The van der Waals surface area contributed by atoms with Gasteiger partial charge in [0.1, 0.15) is 12.0 Å². The van der Waals surface area contributed by atoms with Crippen molar-refractivity contribution in [2.45, 2.75) is 78.2 Å². The zero-order valence-corrected chi connectivity index (χ0v) is 17.8. The lowest BCUT2D eigenvalue weighted by Gasteiger charge is -2.58. The van der Waals surface area contributed by atoms with Crippen LogP contribution in [0, 0.1) is 51.8 Å². The van der Waals surface area contributed by atoms with Gasteiger partial charge in [-0.25, -0.2) is 0 Å². The van der Waals surface area contributed by atoms with E-state index in [0.717, 1.165) is 51.4 Å². The number of fused-ring (bicyclic) bond motifs is 5. The van der Waals surface area contributed by atoms with Crippen molar-refractivity contribution in [3.63, 3.8) is 0 Å². The molecular formula is C24H33NO4. The number of nitrogens with zero attached hydrogens (tertiary/aromatic N) is 1. The molecule has 5 nitrogen and oxygen atoms in total. The molecule has 4 rings (SSSR count). The van der Waals surface area contributed by atoms with E-state index < -0.39 is 11.9 Å². The molecule has 8 atom stereocenters. The zero-order chi connectivity index (χ0) is 21.0. The van der Waals surface area contributed by atoms with Crippen molar-refractivity contribution in [3.05, 3.63) is 11.6 Å². The Labute approximate surface area is 173 Å². The summed E-state index contributed by atoms with van der Waals surface area (Å²) in [7, 11) is 0. The van der Waals surface area contributed by atoms with Crippen LogP contribution in [0.1, 0.15) is 72.1 Å². The van der Waals surface area contributed by atoms with E-state index in [4.69, 9.17) is 4.74 Å². The Morgan fingerprint density at radius 1 is 1.21 bits per heavy atom. The minimum atomic E-state index is -0.955. The third-order valence-corrected chi connectivity index (χ3v) is 9.27. The maximum Gasteiger partial charge on any atom is 0.321 e. The number of nitriles is 1. The molecule has 0 aromatic rings. The Morgan fingerprint density at radius 3 is 2.62 bits per heavy atom. The fourth-order valence-corrected chi connectivity index (χ4v) is 7.87. The molecule has 0 aromatic carbocycles. The molecule has 0 saturated heterocycles. The Kier molecular flexibility index (Phi) is 5.04. The summed E-state index contributed by atoms with van der Waals surface area (Å²) in [5, 5.41) is 19.1. The molecule has 5 heteroatoms. The number of esters is 1. The molecule has 0 radical (unpaired) electrons. The summed E-state index contributed by atoms with van der Waals surface area (Å²) in [6.45, 7) is 6.16. The number of carboxylic acids is 1. The van der Waals surface area contributed by atoms with E-state index in [1.54, 1.807) is 0 Å². The van der Waals surface area contributed by atoms with E-state index in [1.165, 1.54) is 12.5 Å². The van der Waals surface area contributed by atoms with Gasteiger partial charge in [-0.3, -0.25) is 9.59 Å². The van der Waals surface area contributed by atoms with Crippen LogP contribution in [0.25, 0.3) is 0 Å². The quantitative estimate of drug-likeness (QED) is 0.548. The molecule has 4 aliphatic rings. The monoisotopic (exact) mass is 399 g/mol. The van der Waals surface area contributed by atoms with Crippen molar-refractivity contribution in [2.75, 3.05) is 0 Å². The lowest BCUT2D eigenvalue weighted by molar-refractivity contribution is -0.148. The van der Waals surface area contributed by atoms with Crippen molar-refractivity contribution in [1.82, 2.24) is 0 Å². The van der Waals surface area contributed by atoms with Gasteiger partial charge in [0.2, 0.25) is 0 Å². The van der Waals surface area contributed by atoms with Gasteiger partial charge in [0.15, 0.2) is 0 Å². The highest BCUT2D eigenvalue weighted by molar-refractivity contribution is 5.73. The van der Waals surface area contributed by atoms with Gasteiger partial charge in [0.05, 0.1) is 6.07 Å². The van der Waals surface area contributed by atoms with Gasteiger partial charge >= 0.3 is 11.9 Å². The first kappa shape index (κ1) is 20.4. The van der Waals surface area contributed by atoms with Crippen molar-refractivity contribution < 1.29 is 19.4 Å². The molecule has 4 aliphatic carbocycles. The van der Waals surface area contributed by atoms with Gasteiger partial charge in [-0.15, -0.1) is 0 Å². The van der Waals surface area contributed by atoms with Gasteiger partial charge < -0.3 is 9.84 Å². The number of aliphatic carboxylic acids is 1. The standard InChI is InChI=1S/C24H33NO4/c1-14(26)29-16-8-10-23(2)15(12-16)4-5-17-19-6-7-20(18(13-25)22(27)28)24(19,3)11-9-21(17)23/h4,16-21H,5-12H2,1-3H3,(H,27,28)/t16?,17-,18?,19-,20+,21-,23-,24-/m0/s1. The molecular weight excluding hydrogens is 366 g/mol. The highest BCUT2D eigenvalue weighted by Crippen LogP contribution is 2.67. The van der Waals surface area contributed by atoms with Crippen molar-refractivity contribution >= 4 is 11.9 Å². The number of hydrogen-bond acceptors (Lipinski definition) is 4. The van der Waals surface area contributed by atoms with Crippen LogP contribution >= 0.6 is 0 Å². The van der Waals surface area contributed by atoms with Gasteiger partial charge in [0, 0.05) is 13.3 Å². The molecule has 0 amide bonds. The first-order valence-corrected chi connectivity index (χ1v) is 11.2. The summed E-state index contributed by atoms with van der Waals surface area (Å²) in [5.74, 6) is -0.372. The van der Waals surface area contributed by atoms with Crippen molar-refractivity contribution in [2.24, 2.45) is 40.4 Å². The molecule has 158 valence electrons. The van der Waals surface area contributed by atoms with Crippen molar-refractivity contribution in [3.8, 4) is 6.07 Å². The summed E-state index contributed by atoms with van der Waals surface area (Å²) >= 11 is 0. The SMILES string of the molecule is CC(=O)OC1CC[C@@]2(C)C(=CC[C@H]3[C@@H]4CC[C@H](C(C#N)C(=O)O)[C@@]4(C)CC[C@@H]32)C1. The van der Waals surface area contributed by atoms with E-state index in [2.05, 4.69) is 26.0 Å². The largest absolute Gasteiger partial charge is 0.480 e. The minimum Gasteiger partial charge on any atom is -0.480 e. The summed E-state index contributed by atoms with van der Waals surface area (Å²) in [6.07, 6.45) is 10.3. The maximum atomic E-state index is 11.7. The van der Waals surface area contributed by atoms with Crippen LogP contribution in [-0.2, 0) is 14.3 Å². The molecule has 29 heavy (non-hydrogen) atoms. The number of allylic oxidation sites excluding steroid dienone is 1. The second-order valence-electron chi connectivity index (χ2n) is 10.4. The molecule has 3 fully saturated rings. The summed E-state index contributed by atoms with van der Waals surface area (Å²) < 4.78 is 5.52. The fourth-order valence-electron chi connectivity index (χ4n) is 7.87. The zero-order valence-electron chi connectivity index (χ0n) is 17.8. The molecule has 3 saturated carbocycles. The average Bonchev–Trinajstić information content (AvgIpc) is 2.99. The average molecular weight is 400 g/mol. The molecule has 0 bridgehead atoms. The Hall–Kier alpha value is -1.83. The molecule has 1 N–H and O–H groups in total. The Bertz CT molecular complexity index is 782. The highest BCUT2D eigenvalue weighted by atomic mass is 16.5. The number of carboxylic acid groups (broad SMARTS) is 1. The second kappa shape index (κ2) is 7.15. The number of carbonyl (C=O) groups excluding carboxylic acids is 1. The predicted octanol–water partition coefficient (Wildman–Crippen LogP) is 4.72. The van der Waals surface area contributed by atoms with E-state index >= 15 is 0 Å². The lowest BCUT2D eigenvalue weighted by Crippen LogP contribution is -2.51. The van der Waals surface area contributed by atoms with Crippen LogP contribution in [0.2, 0.25) is 0 Å². The molecule has 0 heterocycles. The fraction of sp³-hybridized carbons (Fsp3) is 0.792. The normalized spacial score (nSPS) is 44.3. The first-order chi connectivity index (χ1) is 13.7. The van der Waals surface area contributed by atoms with Gasteiger partial charge in [-0.2, -0.15) is 5.26 Å². The first-order valence-electron chi connectivity index (χ1n) is 11.2. The van der Waals surface area contributed by atoms with Gasteiger partial charge in [0.25, 0.3) is 0 Å². The van der Waals surface area contributed by atoms with E-state index in [1.807, 2.05) is 0 Å². The van der Waals surface area contributed by atoms with E-state index in [9.17, 15) is 20.0 Å². The van der Waals surface area contributed by atoms with Gasteiger partial charge in [-0.05, 0) is 79.4 Å². The lowest BCUT2D eigenvalue weighted by atomic mass is 9.47. The number of rotatable bonds is 3. The summed E-state index contributed by atoms with van der Waals surface area (Å²) in [4.78, 5) is 23.1. The van der Waals surface area contributed by atoms with Crippen LogP contribution in [0.4, 0.5) is 0 Å². The summed E-state index contributed by atoms with van der Waals surface area (Å²) in [6, 6.07) is 2.09. The van der Waals surface area contributed by atoms with E-state index in [-0.39, 0.29) is 28.8 Å². The number of hydrogen-bond donors (Lipinski definition) is 1. The van der Waals surface area contributed by atoms with Crippen LogP contribution in [-0.4, -0.2) is 23.1 Å². The number of ether oxygens (including phenoxy) is 1. The summed E-state index contributed by atoms with van der Waals surface area (Å²) in [5.41, 5.74) is 1.59. The van der Waals surface area contributed by atoms with Crippen LogP contribution < -0.4 is 0 Å². The maximum absolute atomic E-state index is 11.7. The molecule has 0 aliphatic heterocycles. The smallest absolute Gasteiger partial charge is 0.321 e. The highest BCUT2D eigenvalue weighted by Gasteiger charge is 2.60. The second-order valence-corrected chi connectivity index (χ2v) is 10.4. The molecule has 0 spiro atoms. The Morgan fingerprint density at radius 2 is 1.97 bits per heavy atom. The van der Waals surface area contributed by atoms with E-state index in [0.29, 0.717) is 17.8 Å². The van der Waals surface area contributed by atoms with Crippen LogP contribution in [0.5, 0.6) is 0 Å². The molecule has 0 aromatic heterocycles. The topological polar surface area (TPSA) is 87.4 Å². The van der Waals surface area contributed by atoms with Crippen LogP contribution in [0.3, 0.4) is 0 Å². The third kappa shape index (κ3) is 3.10. The predicted molar refractivity (Wildman–Crippen MR) is 107 cm³/mol. The van der Waals surface area contributed by atoms with Crippen molar-refractivity contribution in [1.29, 1.82) is 5.26 Å². The number of carbonyl (C=O) groups is 2.